The first-order valence-electron chi connectivity index (χ1n) is 6.42. The maximum Gasteiger partial charge on any atom is 0.416 e. The molecule has 2 N–H and O–H groups in total. The molecule has 2 aromatic rings. The van der Waals surface area contributed by atoms with Gasteiger partial charge in [-0.15, -0.1) is 0 Å². The van der Waals surface area contributed by atoms with Gasteiger partial charge in [-0.05, 0) is 23.8 Å². The standard InChI is InChI=1S/C16H14ClF3N2/c1-22(21)15-8-4-7-14(17)12(15)10-9-11-5-2-3-6-13(11)16(18,19)20/h2-10H,21H2,1H3/b10-9+. The number of rotatable bonds is 3. The number of hydrogen-bond donors (Lipinski definition) is 1. The van der Waals surface area contributed by atoms with Gasteiger partial charge in [0.15, 0.2) is 0 Å². The normalized spacial score (nSPS) is 11.9. The third-order valence-corrected chi connectivity index (χ3v) is 3.44. The van der Waals surface area contributed by atoms with Gasteiger partial charge in [-0.3, -0.25) is 0 Å². The lowest BCUT2D eigenvalue weighted by Crippen LogP contribution is -2.25. The first kappa shape index (κ1) is 16.4. The number of anilines is 1. The summed E-state index contributed by atoms with van der Waals surface area (Å²) < 4.78 is 38.9. The average molecular weight is 327 g/mol. The third-order valence-electron chi connectivity index (χ3n) is 3.11. The fraction of sp³-hybridized carbons (Fsp3) is 0.125. The van der Waals surface area contributed by atoms with Gasteiger partial charge in [0, 0.05) is 17.6 Å². The molecular weight excluding hydrogens is 313 g/mol. The molecule has 116 valence electrons. The van der Waals surface area contributed by atoms with Crippen LogP contribution in [0, 0.1) is 0 Å². The van der Waals surface area contributed by atoms with Crippen LogP contribution in [-0.4, -0.2) is 7.05 Å². The topological polar surface area (TPSA) is 29.3 Å². The number of hydrogen-bond acceptors (Lipinski definition) is 2. The molecule has 2 nitrogen and oxygen atoms in total. The summed E-state index contributed by atoms with van der Waals surface area (Å²) in [4.78, 5) is 0. The van der Waals surface area contributed by atoms with E-state index < -0.39 is 11.7 Å². The second-order valence-corrected chi connectivity index (χ2v) is 5.11. The number of hydrazine groups is 1. The largest absolute Gasteiger partial charge is 0.416 e. The van der Waals surface area contributed by atoms with Crippen LogP contribution in [0.3, 0.4) is 0 Å². The fourth-order valence-electron chi connectivity index (χ4n) is 2.07. The van der Waals surface area contributed by atoms with E-state index in [4.69, 9.17) is 17.4 Å². The summed E-state index contributed by atoms with van der Waals surface area (Å²) >= 11 is 6.11. The van der Waals surface area contributed by atoms with E-state index in [0.717, 1.165) is 6.07 Å². The number of alkyl halides is 3. The zero-order chi connectivity index (χ0) is 16.3. The molecule has 0 saturated heterocycles. The smallest absolute Gasteiger partial charge is 0.313 e. The average Bonchev–Trinajstić information content (AvgIpc) is 2.45. The van der Waals surface area contributed by atoms with E-state index in [9.17, 15) is 13.2 Å². The highest BCUT2D eigenvalue weighted by Gasteiger charge is 2.32. The first-order chi connectivity index (χ1) is 10.3. The number of nitrogens with zero attached hydrogens (tertiary/aromatic N) is 1. The van der Waals surface area contributed by atoms with Crippen LogP contribution in [0.2, 0.25) is 5.02 Å². The van der Waals surface area contributed by atoms with Gasteiger partial charge in [-0.1, -0.05) is 48.0 Å². The lowest BCUT2D eigenvalue weighted by atomic mass is 10.0. The molecular formula is C16H14ClF3N2. The van der Waals surface area contributed by atoms with Crippen molar-refractivity contribution in [1.29, 1.82) is 0 Å². The molecule has 0 radical (unpaired) electrons. The van der Waals surface area contributed by atoms with Crippen LogP contribution in [0.25, 0.3) is 12.2 Å². The first-order valence-corrected chi connectivity index (χ1v) is 6.79. The minimum atomic E-state index is -4.41. The SMILES string of the molecule is CN(N)c1cccc(Cl)c1/C=C/c1ccccc1C(F)(F)F. The molecule has 0 heterocycles. The Labute approximate surface area is 131 Å². The minimum Gasteiger partial charge on any atom is -0.313 e. The lowest BCUT2D eigenvalue weighted by Gasteiger charge is -2.16. The van der Waals surface area contributed by atoms with Crippen molar-refractivity contribution in [1.82, 2.24) is 0 Å². The molecule has 0 unspecified atom stereocenters. The summed E-state index contributed by atoms with van der Waals surface area (Å²) in [6, 6.07) is 10.5. The molecule has 22 heavy (non-hydrogen) atoms. The summed E-state index contributed by atoms with van der Waals surface area (Å²) in [5.74, 6) is 5.71. The van der Waals surface area contributed by atoms with Crippen molar-refractivity contribution in [2.24, 2.45) is 5.84 Å². The second-order valence-electron chi connectivity index (χ2n) is 4.70. The Morgan fingerprint density at radius 1 is 1.05 bits per heavy atom. The zero-order valence-corrected chi connectivity index (χ0v) is 12.5. The van der Waals surface area contributed by atoms with Gasteiger partial charge in [0.1, 0.15) is 0 Å². The van der Waals surface area contributed by atoms with Crippen LogP contribution >= 0.6 is 11.6 Å². The van der Waals surface area contributed by atoms with Crippen LogP contribution in [0.5, 0.6) is 0 Å². The Balaban J connectivity index is 2.47. The Kier molecular flexibility index (Phi) is 4.78. The van der Waals surface area contributed by atoms with Crippen LogP contribution in [-0.2, 0) is 6.18 Å². The second kappa shape index (κ2) is 6.42. The molecule has 0 aromatic heterocycles. The van der Waals surface area contributed by atoms with Gasteiger partial charge < -0.3 is 5.01 Å². The van der Waals surface area contributed by atoms with E-state index in [1.54, 1.807) is 31.3 Å². The molecule has 0 aliphatic carbocycles. The molecule has 0 fully saturated rings. The molecule has 2 aromatic carbocycles. The van der Waals surface area contributed by atoms with Crippen LogP contribution < -0.4 is 10.9 Å². The van der Waals surface area contributed by atoms with Crippen molar-refractivity contribution >= 4 is 29.4 Å². The van der Waals surface area contributed by atoms with Crippen molar-refractivity contribution in [3.63, 3.8) is 0 Å². The Bertz CT molecular complexity index is 694. The van der Waals surface area contributed by atoms with Crippen LogP contribution in [0.15, 0.2) is 42.5 Å². The number of benzene rings is 2. The molecule has 0 bridgehead atoms. The number of halogens is 4. The third kappa shape index (κ3) is 3.61. The lowest BCUT2D eigenvalue weighted by molar-refractivity contribution is -0.137. The maximum atomic E-state index is 13.0. The highest BCUT2D eigenvalue weighted by molar-refractivity contribution is 6.32. The van der Waals surface area contributed by atoms with Crippen molar-refractivity contribution in [2.45, 2.75) is 6.18 Å². The molecule has 0 aliphatic rings. The van der Waals surface area contributed by atoms with E-state index in [1.165, 1.54) is 29.3 Å². The Morgan fingerprint density at radius 2 is 1.73 bits per heavy atom. The Morgan fingerprint density at radius 3 is 2.36 bits per heavy atom. The summed E-state index contributed by atoms with van der Waals surface area (Å²) in [6.07, 6.45) is -1.49. The van der Waals surface area contributed by atoms with Gasteiger partial charge in [0.2, 0.25) is 0 Å². The van der Waals surface area contributed by atoms with Gasteiger partial charge in [0.05, 0.1) is 11.3 Å². The van der Waals surface area contributed by atoms with Crippen molar-refractivity contribution < 1.29 is 13.2 Å². The summed E-state index contributed by atoms with van der Waals surface area (Å²) in [7, 11) is 1.63. The van der Waals surface area contributed by atoms with Gasteiger partial charge >= 0.3 is 6.18 Å². The van der Waals surface area contributed by atoms with E-state index in [-0.39, 0.29) is 5.56 Å². The van der Waals surface area contributed by atoms with Crippen LogP contribution in [0.1, 0.15) is 16.7 Å². The highest BCUT2D eigenvalue weighted by Crippen LogP contribution is 2.33. The zero-order valence-electron chi connectivity index (χ0n) is 11.7. The van der Waals surface area contributed by atoms with Crippen molar-refractivity contribution in [3.05, 3.63) is 64.2 Å². The summed E-state index contributed by atoms with van der Waals surface area (Å²) in [6.45, 7) is 0. The summed E-state index contributed by atoms with van der Waals surface area (Å²) in [5, 5.41) is 1.77. The van der Waals surface area contributed by atoms with Crippen molar-refractivity contribution in [2.75, 3.05) is 12.1 Å². The van der Waals surface area contributed by atoms with Crippen molar-refractivity contribution in [3.8, 4) is 0 Å². The monoisotopic (exact) mass is 326 g/mol. The molecule has 0 amide bonds. The molecule has 0 atom stereocenters. The summed E-state index contributed by atoms with van der Waals surface area (Å²) in [5.41, 5.74) is 0.556. The molecule has 2 rings (SSSR count). The molecule has 0 spiro atoms. The quantitative estimate of drug-likeness (QED) is 0.497. The van der Waals surface area contributed by atoms with Gasteiger partial charge in [-0.25, -0.2) is 5.84 Å². The molecule has 0 saturated carbocycles. The number of nitrogens with two attached hydrogens (primary N) is 1. The predicted octanol–water partition coefficient (Wildman–Crippen LogP) is 4.84. The van der Waals surface area contributed by atoms with E-state index in [0.29, 0.717) is 16.3 Å². The predicted molar refractivity (Wildman–Crippen MR) is 84.4 cm³/mol. The Hall–Kier alpha value is -1.98. The fourth-order valence-corrected chi connectivity index (χ4v) is 2.30. The van der Waals surface area contributed by atoms with E-state index >= 15 is 0 Å². The van der Waals surface area contributed by atoms with Gasteiger partial charge in [0.25, 0.3) is 0 Å². The molecule has 0 aliphatic heterocycles. The van der Waals surface area contributed by atoms with E-state index in [2.05, 4.69) is 0 Å². The maximum absolute atomic E-state index is 13.0. The van der Waals surface area contributed by atoms with E-state index in [1.807, 2.05) is 0 Å². The minimum absolute atomic E-state index is 0.0699. The van der Waals surface area contributed by atoms with Gasteiger partial charge in [-0.2, -0.15) is 13.2 Å². The highest BCUT2D eigenvalue weighted by atomic mass is 35.5. The molecule has 6 heteroatoms. The van der Waals surface area contributed by atoms with Crippen LogP contribution in [0.4, 0.5) is 18.9 Å².